The maximum atomic E-state index is 12.4. The zero-order chi connectivity index (χ0) is 16.1. The molecule has 4 atom stereocenters. The van der Waals surface area contributed by atoms with Gasteiger partial charge in [0.1, 0.15) is 11.6 Å². The van der Waals surface area contributed by atoms with Gasteiger partial charge in [0.15, 0.2) is 0 Å². The van der Waals surface area contributed by atoms with Crippen LogP contribution in [0.15, 0.2) is 33.9 Å². The number of nitrogens with one attached hydrogen (secondary N) is 5. The highest BCUT2D eigenvalue weighted by Crippen LogP contribution is 2.42. The van der Waals surface area contributed by atoms with Crippen LogP contribution in [0.3, 0.4) is 0 Å². The maximum absolute atomic E-state index is 12.4. The number of rotatable bonds is 1. The third-order valence-corrected chi connectivity index (χ3v) is 4.66. The predicted molar refractivity (Wildman–Crippen MR) is 84.3 cm³/mol. The van der Waals surface area contributed by atoms with Gasteiger partial charge in [-0.25, -0.2) is 10.2 Å². The lowest BCUT2D eigenvalue weighted by molar-refractivity contribution is 0.386. The van der Waals surface area contributed by atoms with Gasteiger partial charge < -0.3 is 10.4 Å². The number of aromatic amines is 2. The van der Waals surface area contributed by atoms with Gasteiger partial charge in [0.2, 0.25) is 0 Å². The molecule has 1 fully saturated rings. The average molecular weight is 315 g/mol. The Morgan fingerprint density at radius 1 is 1.04 bits per heavy atom. The summed E-state index contributed by atoms with van der Waals surface area (Å²) in [5, 5.41) is 12.7. The SMILES string of the molecule is CC1NNC2Nc3[nH]c(=O)[nH]c(=O)c3C(c3ccc(O)cc3)C12. The fraction of sp³-hybridized carbons (Fsp3) is 0.333. The number of fused-ring (bicyclic) bond motifs is 2. The average Bonchev–Trinajstić information content (AvgIpc) is 2.87. The summed E-state index contributed by atoms with van der Waals surface area (Å²) in [4.78, 5) is 29.0. The van der Waals surface area contributed by atoms with E-state index in [1.807, 2.05) is 19.1 Å². The first-order valence-corrected chi connectivity index (χ1v) is 7.47. The minimum absolute atomic E-state index is 0.0686. The van der Waals surface area contributed by atoms with Crippen molar-refractivity contribution in [2.24, 2.45) is 5.92 Å². The second-order valence-electron chi connectivity index (χ2n) is 6.04. The van der Waals surface area contributed by atoms with Crippen LogP contribution in [0.2, 0.25) is 0 Å². The molecule has 1 saturated heterocycles. The highest BCUT2D eigenvalue weighted by atomic mass is 16.3. The highest BCUT2D eigenvalue weighted by molar-refractivity contribution is 5.53. The Balaban J connectivity index is 1.95. The van der Waals surface area contributed by atoms with Crippen LogP contribution < -0.4 is 27.4 Å². The van der Waals surface area contributed by atoms with E-state index >= 15 is 0 Å². The molecule has 120 valence electrons. The van der Waals surface area contributed by atoms with Gasteiger partial charge in [0, 0.05) is 17.9 Å². The second kappa shape index (κ2) is 4.97. The van der Waals surface area contributed by atoms with Crippen molar-refractivity contribution in [3.63, 3.8) is 0 Å². The van der Waals surface area contributed by atoms with Crippen LogP contribution in [0.1, 0.15) is 24.0 Å². The number of aromatic nitrogens is 2. The van der Waals surface area contributed by atoms with E-state index in [-0.39, 0.29) is 29.8 Å². The Labute approximate surface area is 130 Å². The molecule has 0 saturated carbocycles. The van der Waals surface area contributed by atoms with Crippen LogP contribution in [0.5, 0.6) is 5.75 Å². The molecule has 0 amide bonds. The molecule has 8 heteroatoms. The lowest BCUT2D eigenvalue weighted by Gasteiger charge is -2.36. The molecule has 2 aliphatic heterocycles. The summed E-state index contributed by atoms with van der Waals surface area (Å²) in [5.41, 5.74) is 6.82. The number of phenolic OH excluding ortho intramolecular Hbond substituents is 1. The predicted octanol–water partition coefficient (Wildman–Crippen LogP) is -0.235. The fourth-order valence-electron chi connectivity index (χ4n) is 3.64. The van der Waals surface area contributed by atoms with Gasteiger partial charge in [-0.15, -0.1) is 0 Å². The van der Waals surface area contributed by atoms with Gasteiger partial charge in [-0.3, -0.25) is 20.2 Å². The van der Waals surface area contributed by atoms with Crippen molar-refractivity contribution in [2.75, 3.05) is 5.32 Å². The van der Waals surface area contributed by atoms with E-state index in [9.17, 15) is 14.7 Å². The lowest BCUT2D eigenvalue weighted by atomic mass is 9.75. The van der Waals surface area contributed by atoms with Crippen LogP contribution >= 0.6 is 0 Å². The highest BCUT2D eigenvalue weighted by Gasteiger charge is 2.45. The van der Waals surface area contributed by atoms with Crippen LogP contribution in [-0.4, -0.2) is 27.3 Å². The van der Waals surface area contributed by atoms with Crippen LogP contribution in [0.25, 0.3) is 0 Å². The van der Waals surface area contributed by atoms with Crippen molar-refractivity contribution >= 4 is 5.82 Å². The van der Waals surface area contributed by atoms with E-state index in [4.69, 9.17) is 0 Å². The third-order valence-electron chi connectivity index (χ3n) is 4.66. The number of benzene rings is 1. The minimum atomic E-state index is -0.539. The molecule has 0 bridgehead atoms. The summed E-state index contributed by atoms with van der Waals surface area (Å²) in [5.74, 6) is 0.459. The van der Waals surface area contributed by atoms with Crippen molar-refractivity contribution in [3.05, 3.63) is 56.2 Å². The number of anilines is 1. The monoisotopic (exact) mass is 315 g/mol. The Hall–Kier alpha value is -2.58. The zero-order valence-corrected chi connectivity index (χ0v) is 12.4. The molecular weight excluding hydrogens is 298 g/mol. The normalized spacial score (nSPS) is 28.7. The first-order valence-electron chi connectivity index (χ1n) is 7.47. The molecular formula is C15H17N5O3. The number of hydrazine groups is 1. The second-order valence-corrected chi connectivity index (χ2v) is 6.04. The van der Waals surface area contributed by atoms with Gasteiger partial charge >= 0.3 is 5.69 Å². The molecule has 3 heterocycles. The zero-order valence-electron chi connectivity index (χ0n) is 12.4. The molecule has 4 unspecified atom stereocenters. The summed E-state index contributed by atoms with van der Waals surface area (Å²) < 4.78 is 0. The third kappa shape index (κ3) is 2.14. The summed E-state index contributed by atoms with van der Waals surface area (Å²) in [6.45, 7) is 2.04. The number of phenols is 1. The molecule has 2 aromatic rings. The number of H-pyrrole nitrogens is 2. The van der Waals surface area contributed by atoms with Crippen molar-refractivity contribution < 1.29 is 5.11 Å². The van der Waals surface area contributed by atoms with E-state index in [1.165, 1.54) is 0 Å². The molecule has 0 aliphatic carbocycles. The minimum Gasteiger partial charge on any atom is -0.508 e. The van der Waals surface area contributed by atoms with E-state index in [0.29, 0.717) is 11.4 Å². The maximum Gasteiger partial charge on any atom is 0.327 e. The van der Waals surface area contributed by atoms with Gasteiger partial charge in [0.05, 0.1) is 11.7 Å². The Bertz CT molecular complexity index is 857. The summed E-state index contributed by atoms with van der Waals surface area (Å²) >= 11 is 0. The molecule has 8 nitrogen and oxygen atoms in total. The number of aromatic hydroxyl groups is 1. The molecule has 23 heavy (non-hydrogen) atoms. The van der Waals surface area contributed by atoms with Crippen molar-refractivity contribution in [1.29, 1.82) is 0 Å². The van der Waals surface area contributed by atoms with Gasteiger partial charge in [0.25, 0.3) is 5.56 Å². The molecule has 1 aromatic carbocycles. The van der Waals surface area contributed by atoms with E-state index in [1.54, 1.807) is 12.1 Å². The summed E-state index contributed by atoms with van der Waals surface area (Å²) in [6, 6.07) is 6.94. The van der Waals surface area contributed by atoms with Crippen molar-refractivity contribution in [1.82, 2.24) is 20.8 Å². The Morgan fingerprint density at radius 3 is 2.52 bits per heavy atom. The van der Waals surface area contributed by atoms with Gasteiger partial charge in [-0.2, -0.15) is 0 Å². The van der Waals surface area contributed by atoms with E-state index in [2.05, 4.69) is 26.1 Å². The first-order chi connectivity index (χ1) is 11.0. The summed E-state index contributed by atoms with van der Waals surface area (Å²) in [6.07, 6.45) is -0.117. The van der Waals surface area contributed by atoms with E-state index < -0.39 is 11.2 Å². The molecule has 4 rings (SSSR count). The van der Waals surface area contributed by atoms with E-state index in [0.717, 1.165) is 5.56 Å². The Kier molecular flexibility index (Phi) is 3.03. The van der Waals surface area contributed by atoms with Gasteiger partial charge in [-0.1, -0.05) is 12.1 Å². The summed E-state index contributed by atoms with van der Waals surface area (Å²) in [7, 11) is 0. The number of hydrogen-bond acceptors (Lipinski definition) is 6. The quantitative estimate of drug-likeness (QED) is 0.432. The van der Waals surface area contributed by atoms with Crippen LogP contribution in [0.4, 0.5) is 5.82 Å². The molecule has 6 N–H and O–H groups in total. The van der Waals surface area contributed by atoms with Gasteiger partial charge in [-0.05, 0) is 24.6 Å². The smallest absolute Gasteiger partial charge is 0.327 e. The van der Waals surface area contributed by atoms with Crippen LogP contribution in [-0.2, 0) is 0 Å². The Morgan fingerprint density at radius 2 is 1.78 bits per heavy atom. The number of hydrogen-bond donors (Lipinski definition) is 6. The van der Waals surface area contributed by atoms with Crippen molar-refractivity contribution in [3.8, 4) is 5.75 Å². The largest absolute Gasteiger partial charge is 0.508 e. The molecule has 2 aliphatic rings. The van der Waals surface area contributed by atoms with Crippen molar-refractivity contribution in [2.45, 2.75) is 25.0 Å². The molecule has 0 spiro atoms. The topological polar surface area (TPSA) is 122 Å². The van der Waals surface area contributed by atoms with Crippen LogP contribution in [0, 0.1) is 5.92 Å². The fourth-order valence-corrected chi connectivity index (χ4v) is 3.64. The lowest BCUT2D eigenvalue weighted by Crippen LogP contribution is -2.47. The first kappa shape index (κ1) is 14.0. The molecule has 1 aromatic heterocycles. The standard InChI is InChI=1S/C15H17N5O3/c1-6-9-10(7-2-4-8(21)5-3-7)11-12(16-13(9)20-19-6)17-15(23)18-14(11)22/h2-6,9-10,13,19-21H,1H3,(H3,16,17,18,22,23). The molecule has 0 radical (unpaired) electrons.